The van der Waals surface area contributed by atoms with Crippen molar-refractivity contribution in [3.63, 3.8) is 0 Å². The molecular formula is C8H12O4S4. The predicted octanol–water partition coefficient (Wildman–Crippen LogP) is 3.60. The molecule has 0 radical (unpaired) electrons. The molecule has 92 valence electrons. The first-order valence-corrected chi connectivity index (χ1v) is 8.40. The molecule has 0 saturated heterocycles. The summed E-state index contributed by atoms with van der Waals surface area (Å²) in [5.74, 6) is 0. The minimum atomic E-state index is 0.717. The SMILES string of the molecule is CO/C1=C(\OC)SS/C(OC)=C(/OC)SS1. The Kier molecular flexibility index (Phi) is 6.55. The molecule has 0 atom stereocenters. The molecule has 1 aliphatic heterocycles. The fourth-order valence-corrected chi connectivity index (χ4v) is 5.70. The van der Waals surface area contributed by atoms with Gasteiger partial charge < -0.3 is 18.9 Å². The van der Waals surface area contributed by atoms with Gasteiger partial charge in [-0.3, -0.25) is 0 Å². The second-order valence-electron chi connectivity index (χ2n) is 2.30. The minimum Gasteiger partial charge on any atom is -0.486 e. The van der Waals surface area contributed by atoms with Gasteiger partial charge in [-0.25, -0.2) is 0 Å². The first-order chi connectivity index (χ1) is 7.76. The van der Waals surface area contributed by atoms with Gasteiger partial charge in [-0.05, 0) is 43.2 Å². The molecule has 0 amide bonds. The monoisotopic (exact) mass is 300 g/mol. The van der Waals surface area contributed by atoms with Crippen LogP contribution in [0.25, 0.3) is 0 Å². The highest BCUT2D eigenvalue weighted by molar-refractivity contribution is 8.82. The van der Waals surface area contributed by atoms with Crippen LogP contribution in [0.15, 0.2) is 20.4 Å². The van der Waals surface area contributed by atoms with Crippen LogP contribution in [0.3, 0.4) is 0 Å². The molecule has 0 fully saturated rings. The fraction of sp³-hybridized carbons (Fsp3) is 0.500. The standard InChI is InChI=1S/C8H12O4S4/c1-9-5-6(10-2)14-16-8(12-4)7(11-3)15-13-5/h1-4H3/b6-5-,8-7-. The first kappa shape index (κ1) is 14.1. The highest BCUT2D eigenvalue weighted by Gasteiger charge is 2.21. The zero-order valence-electron chi connectivity index (χ0n) is 9.27. The van der Waals surface area contributed by atoms with Crippen LogP contribution < -0.4 is 0 Å². The molecule has 0 aromatic rings. The Morgan fingerprint density at radius 3 is 0.812 bits per heavy atom. The maximum atomic E-state index is 5.24. The van der Waals surface area contributed by atoms with Gasteiger partial charge in [0.15, 0.2) is 0 Å². The molecule has 8 heteroatoms. The van der Waals surface area contributed by atoms with E-state index < -0.39 is 0 Å². The van der Waals surface area contributed by atoms with Crippen molar-refractivity contribution in [2.45, 2.75) is 0 Å². The summed E-state index contributed by atoms with van der Waals surface area (Å²) in [7, 11) is 12.2. The Labute approximate surface area is 111 Å². The van der Waals surface area contributed by atoms with E-state index in [0.717, 1.165) is 20.4 Å². The van der Waals surface area contributed by atoms with Gasteiger partial charge in [-0.2, -0.15) is 0 Å². The van der Waals surface area contributed by atoms with Gasteiger partial charge in [-0.15, -0.1) is 0 Å². The van der Waals surface area contributed by atoms with Crippen molar-refractivity contribution in [1.82, 2.24) is 0 Å². The topological polar surface area (TPSA) is 36.9 Å². The fourth-order valence-electron chi connectivity index (χ4n) is 0.757. The number of ether oxygens (including phenoxy) is 4. The number of hydrogen-bond donors (Lipinski definition) is 0. The third-order valence-electron chi connectivity index (χ3n) is 1.46. The van der Waals surface area contributed by atoms with Crippen molar-refractivity contribution in [2.24, 2.45) is 0 Å². The summed E-state index contributed by atoms with van der Waals surface area (Å²) in [5.41, 5.74) is 0. The van der Waals surface area contributed by atoms with Crippen molar-refractivity contribution in [3.05, 3.63) is 20.4 Å². The third-order valence-corrected chi connectivity index (χ3v) is 6.22. The Balaban J connectivity index is 2.85. The van der Waals surface area contributed by atoms with Gasteiger partial charge in [0.2, 0.25) is 20.4 Å². The number of hydrogen-bond acceptors (Lipinski definition) is 8. The van der Waals surface area contributed by atoms with Gasteiger partial charge in [0.05, 0.1) is 28.4 Å². The van der Waals surface area contributed by atoms with Gasteiger partial charge >= 0.3 is 0 Å². The molecule has 0 N–H and O–H groups in total. The van der Waals surface area contributed by atoms with Crippen LogP contribution in [0.4, 0.5) is 0 Å². The maximum absolute atomic E-state index is 5.24. The van der Waals surface area contributed by atoms with Crippen LogP contribution in [-0.2, 0) is 18.9 Å². The molecule has 4 nitrogen and oxygen atoms in total. The van der Waals surface area contributed by atoms with Crippen molar-refractivity contribution >= 4 is 43.2 Å². The van der Waals surface area contributed by atoms with Crippen LogP contribution >= 0.6 is 43.2 Å². The lowest BCUT2D eigenvalue weighted by Crippen LogP contribution is -1.94. The Morgan fingerprint density at radius 2 is 0.688 bits per heavy atom. The molecule has 0 saturated carbocycles. The van der Waals surface area contributed by atoms with Crippen molar-refractivity contribution in [1.29, 1.82) is 0 Å². The molecule has 0 bridgehead atoms. The highest BCUT2D eigenvalue weighted by Crippen LogP contribution is 2.51. The van der Waals surface area contributed by atoms with Crippen molar-refractivity contribution in [2.75, 3.05) is 28.4 Å². The van der Waals surface area contributed by atoms with E-state index in [1.54, 1.807) is 28.4 Å². The Hall–Kier alpha value is 0.0800. The van der Waals surface area contributed by atoms with Crippen LogP contribution in [0, 0.1) is 0 Å². The van der Waals surface area contributed by atoms with E-state index in [-0.39, 0.29) is 0 Å². The van der Waals surface area contributed by atoms with Crippen molar-refractivity contribution < 1.29 is 18.9 Å². The smallest absolute Gasteiger partial charge is 0.214 e. The summed E-state index contributed by atoms with van der Waals surface area (Å²) in [6, 6.07) is 0. The van der Waals surface area contributed by atoms with Crippen LogP contribution in [-0.4, -0.2) is 28.4 Å². The van der Waals surface area contributed by atoms with E-state index in [9.17, 15) is 0 Å². The van der Waals surface area contributed by atoms with E-state index in [4.69, 9.17) is 18.9 Å². The zero-order chi connectivity index (χ0) is 12.0. The van der Waals surface area contributed by atoms with E-state index in [2.05, 4.69) is 0 Å². The maximum Gasteiger partial charge on any atom is 0.214 e. The van der Waals surface area contributed by atoms with Gasteiger partial charge in [0.25, 0.3) is 0 Å². The predicted molar refractivity (Wildman–Crippen MR) is 72.5 cm³/mol. The zero-order valence-corrected chi connectivity index (χ0v) is 12.5. The average Bonchev–Trinajstić information content (AvgIpc) is 2.30. The molecule has 0 unspecified atom stereocenters. The summed E-state index contributed by atoms with van der Waals surface area (Å²) < 4.78 is 20.9. The summed E-state index contributed by atoms with van der Waals surface area (Å²) in [6.07, 6.45) is 0. The number of rotatable bonds is 4. The summed E-state index contributed by atoms with van der Waals surface area (Å²) in [6.45, 7) is 0. The normalized spacial score (nSPS) is 26.8. The quantitative estimate of drug-likeness (QED) is 0.729. The molecule has 0 aliphatic carbocycles. The number of methoxy groups -OCH3 is 4. The summed E-state index contributed by atoms with van der Waals surface area (Å²) in [5, 5.41) is 2.87. The van der Waals surface area contributed by atoms with Crippen LogP contribution in [0.5, 0.6) is 0 Å². The molecule has 0 spiro atoms. The molecule has 0 aromatic heterocycles. The van der Waals surface area contributed by atoms with Gasteiger partial charge in [0.1, 0.15) is 0 Å². The van der Waals surface area contributed by atoms with Gasteiger partial charge in [-0.1, -0.05) is 0 Å². The second-order valence-corrected chi connectivity index (χ2v) is 6.45. The molecule has 1 rings (SSSR count). The second kappa shape index (κ2) is 7.41. The van der Waals surface area contributed by atoms with E-state index in [0.29, 0.717) is 0 Å². The van der Waals surface area contributed by atoms with Crippen LogP contribution in [0.1, 0.15) is 0 Å². The van der Waals surface area contributed by atoms with Gasteiger partial charge in [0, 0.05) is 0 Å². The third kappa shape index (κ3) is 3.54. The Morgan fingerprint density at radius 1 is 0.500 bits per heavy atom. The molecular weight excluding hydrogens is 288 g/mol. The molecule has 0 aromatic carbocycles. The first-order valence-electron chi connectivity index (χ1n) is 4.10. The van der Waals surface area contributed by atoms with Crippen LogP contribution in [0.2, 0.25) is 0 Å². The molecule has 16 heavy (non-hydrogen) atoms. The van der Waals surface area contributed by atoms with E-state index in [1.807, 2.05) is 0 Å². The summed E-state index contributed by atoms with van der Waals surface area (Å²) in [4.78, 5) is 0. The van der Waals surface area contributed by atoms with E-state index in [1.165, 1.54) is 43.2 Å². The highest BCUT2D eigenvalue weighted by atomic mass is 33.1. The lowest BCUT2D eigenvalue weighted by molar-refractivity contribution is 0.264. The molecule has 1 aliphatic rings. The average molecular weight is 300 g/mol. The lowest BCUT2D eigenvalue weighted by Gasteiger charge is -2.16. The largest absolute Gasteiger partial charge is 0.486 e. The molecule has 1 heterocycles. The van der Waals surface area contributed by atoms with Crippen molar-refractivity contribution in [3.8, 4) is 0 Å². The minimum absolute atomic E-state index is 0.717. The lowest BCUT2D eigenvalue weighted by atomic mass is 11.0. The Bertz CT molecular complexity index is 244. The van der Waals surface area contributed by atoms with E-state index >= 15 is 0 Å². The summed E-state index contributed by atoms with van der Waals surface area (Å²) >= 11 is 0.